The molecule has 6 heteroatoms. The highest BCUT2D eigenvalue weighted by atomic mass is 16.5. The number of fused-ring (bicyclic) bond motifs is 1. The molecule has 3 N–H and O–H groups in total. The number of benzene rings is 2. The first-order valence-corrected chi connectivity index (χ1v) is 7.41. The molecule has 0 radical (unpaired) electrons. The van der Waals surface area contributed by atoms with E-state index in [1.807, 2.05) is 55.5 Å². The molecule has 3 aromatic rings. The number of primary amides is 1. The minimum atomic E-state index is -0.414. The summed E-state index contributed by atoms with van der Waals surface area (Å²) in [7, 11) is 0. The third kappa shape index (κ3) is 3.26. The summed E-state index contributed by atoms with van der Waals surface area (Å²) >= 11 is 0. The van der Waals surface area contributed by atoms with Gasteiger partial charge >= 0.3 is 0 Å². The highest BCUT2D eigenvalue weighted by molar-refractivity contribution is 5.83. The molecule has 3 rings (SSSR count). The van der Waals surface area contributed by atoms with Gasteiger partial charge in [0, 0.05) is 5.69 Å². The molecule has 0 atom stereocenters. The maximum Gasteiger partial charge on any atom is 0.237 e. The Morgan fingerprint density at radius 1 is 1.22 bits per heavy atom. The zero-order valence-corrected chi connectivity index (χ0v) is 12.8. The summed E-state index contributed by atoms with van der Waals surface area (Å²) in [5.41, 5.74) is 7.88. The van der Waals surface area contributed by atoms with E-state index in [2.05, 4.69) is 10.3 Å². The summed E-state index contributed by atoms with van der Waals surface area (Å²) < 4.78 is 7.20. The lowest BCUT2D eigenvalue weighted by Gasteiger charge is -2.10. The molecule has 0 spiro atoms. The lowest BCUT2D eigenvalue weighted by molar-refractivity contribution is -0.118. The molecule has 23 heavy (non-hydrogen) atoms. The van der Waals surface area contributed by atoms with Gasteiger partial charge in [0.05, 0.1) is 17.6 Å². The van der Waals surface area contributed by atoms with E-state index in [0.717, 1.165) is 22.5 Å². The van der Waals surface area contributed by atoms with Crippen molar-refractivity contribution in [2.24, 2.45) is 5.73 Å². The average molecular weight is 310 g/mol. The number of aromatic nitrogens is 2. The van der Waals surface area contributed by atoms with E-state index in [1.165, 1.54) is 0 Å². The topological polar surface area (TPSA) is 82.2 Å². The number of imidazole rings is 1. The Morgan fingerprint density at radius 3 is 2.65 bits per heavy atom. The zero-order valence-electron chi connectivity index (χ0n) is 12.8. The van der Waals surface area contributed by atoms with Crippen molar-refractivity contribution < 1.29 is 9.53 Å². The van der Waals surface area contributed by atoms with Crippen LogP contribution in [0.1, 0.15) is 6.92 Å². The number of carbonyl (C=O) groups is 1. The molecule has 0 fully saturated rings. The SMILES string of the molecule is CCOc1ccc(Nc2nc3ccccc3n2CC(N)=O)cc1. The smallest absolute Gasteiger partial charge is 0.237 e. The van der Waals surface area contributed by atoms with Crippen molar-refractivity contribution in [1.29, 1.82) is 0 Å². The van der Waals surface area contributed by atoms with Crippen molar-refractivity contribution in [2.75, 3.05) is 11.9 Å². The van der Waals surface area contributed by atoms with Crippen LogP contribution in [0.4, 0.5) is 11.6 Å². The van der Waals surface area contributed by atoms with E-state index in [9.17, 15) is 4.79 Å². The van der Waals surface area contributed by atoms with E-state index < -0.39 is 5.91 Å². The second-order valence-corrected chi connectivity index (χ2v) is 5.06. The minimum Gasteiger partial charge on any atom is -0.494 e. The maximum absolute atomic E-state index is 11.4. The standard InChI is InChI=1S/C17H18N4O2/c1-2-23-13-9-7-12(8-10-13)19-17-20-14-5-3-4-6-15(14)21(17)11-16(18)22/h3-10H,2,11H2,1H3,(H2,18,22)(H,19,20). The van der Waals surface area contributed by atoms with Gasteiger partial charge in [0.1, 0.15) is 12.3 Å². The van der Waals surface area contributed by atoms with Crippen LogP contribution in [0, 0.1) is 0 Å². The van der Waals surface area contributed by atoms with Crippen molar-refractivity contribution in [3.05, 3.63) is 48.5 Å². The van der Waals surface area contributed by atoms with Gasteiger partial charge in [-0.3, -0.25) is 4.79 Å². The predicted molar refractivity (Wildman–Crippen MR) is 89.8 cm³/mol. The fourth-order valence-corrected chi connectivity index (χ4v) is 2.42. The maximum atomic E-state index is 11.4. The number of anilines is 2. The van der Waals surface area contributed by atoms with Crippen molar-refractivity contribution in [3.63, 3.8) is 0 Å². The van der Waals surface area contributed by atoms with Gasteiger partial charge in [0.15, 0.2) is 0 Å². The molecule has 0 aliphatic rings. The Balaban J connectivity index is 1.93. The number of nitrogens with two attached hydrogens (primary N) is 1. The van der Waals surface area contributed by atoms with Crippen LogP contribution in [-0.4, -0.2) is 22.1 Å². The van der Waals surface area contributed by atoms with Gasteiger partial charge in [0.25, 0.3) is 0 Å². The third-order valence-electron chi connectivity index (χ3n) is 3.39. The Hall–Kier alpha value is -3.02. The number of hydrogen-bond donors (Lipinski definition) is 2. The van der Waals surface area contributed by atoms with Gasteiger partial charge in [-0.05, 0) is 43.3 Å². The van der Waals surface area contributed by atoms with Gasteiger partial charge in [0.2, 0.25) is 11.9 Å². The molecule has 1 aromatic heterocycles. The number of hydrogen-bond acceptors (Lipinski definition) is 4. The lowest BCUT2D eigenvalue weighted by Crippen LogP contribution is -2.19. The quantitative estimate of drug-likeness (QED) is 0.733. The van der Waals surface area contributed by atoms with E-state index in [0.29, 0.717) is 12.6 Å². The first-order chi connectivity index (χ1) is 11.2. The number of para-hydroxylation sites is 2. The Morgan fingerprint density at radius 2 is 1.96 bits per heavy atom. The van der Waals surface area contributed by atoms with E-state index in [-0.39, 0.29) is 6.54 Å². The van der Waals surface area contributed by atoms with E-state index >= 15 is 0 Å². The molecule has 0 aliphatic heterocycles. The number of rotatable bonds is 6. The number of nitrogens with one attached hydrogen (secondary N) is 1. The van der Waals surface area contributed by atoms with Crippen LogP contribution < -0.4 is 15.8 Å². The van der Waals surface area contributed by atoms with Crippen LogP contribution >= 0.6 is 0 Å². The van der Waals surface area contributed by atoms with Crippen LogP contribution in [0.5, 0.6) is 5.75 Å². The fourth-order valence-electron chi connectivity index (χ4n) is 2.42. The average Bonchev–Trinajstić information content (AvgIpc) is 2.87. The first-order valence-electron chi connectivity index (χ1n) is 7.41. The molecule has 118 valence electrons. The van der Waals surface area contributed by atoms with E-state index in [1.54, 1.807) is 4.57 Å². The number of carbonyl (C=O) groups excluding carboxylic acids is 1. The summed E-state index contributed by atoms with van der Waals surface area (Å²) in [6.07, 6.45) is 0. The monoisotopic (exact) mass is 310 g/mol. The number of nitrogens with zero attached hydrogens (tertiary/aromatic N) is 2. The second kappa shape index (κ2) is 6.39. The molecular formula is C17H18N4O2. The van der Waals surface area contributed by atoms with Crippen molar-refractivity contribution in [3.8, 4) is 5.75 Å². The normalized spacial score (nSPS) is 10.7. The molecule has 1 heterocycles. The fraction of sp³-hybridized carbons (Fsp3) is 0.176. The molecule has 0 saturated carbocycles. The molecule has 6 nitrogen and oxygen atoms in total. The predicted octanol–water partition coefficient (Wildman–Crippen LogP) is 2.66. The molecule has 2 aromatic carbocycles. The molecule has 0 saturated heterocycles. The summed E-state index contributed by atoms with van der Waals surface area (Å²) in [6.45, 7) is 2.64. The molecule has 0 bridgehead atoms. The van der Waals surface area contributed by atoms with Crippen molar-refractivity contribution >= 4 is 28.6 Å². The Labute approximate surface area is 133 Å². The number of amides is 1. The highest BCUT2D eigenvalue weighted by Gasteiger charge is 2.12. The van der Waals surface area contributed by atoms with Gasteiger partial charge in [-0.15, -0.1) is 0 Å². The summed E-state index contributed by atoms with van der Waals surface area (Å²) in [4.78, 5) is 15.9. The van der Waals surface area contributed by atoms with Crippen LogP contribution in [0.2, 0.25) is 0 Å². The summed E-state index contributed by atoms with van der Waals surface area (Å²) in [5, 5.41) is 3.23. The van der Waals surface area contributed by atoms with Crippen molar-refractivity contribution in [2.45, 2.75) is 13.5 Å². The largest absolute Gasteiger partial charge is 0.494 e. The second-order valence-electron chi connectivity index (χ2n) is 5.06. The molecule has 0 aliphatic carbocycles. The van der Waals surface area contributed by atoms with Gasteiger partial charge in [-0.25, -0.2) is 4.98 Å². The van der Waals surface area contributed by atoms with Gasteiger partial charge in [-0.1, -0.05) is 12.1 Å². The summed E-state index contributed by atoms with van der Waals surface area (Å²) in [6, 6.07) is 15.2. The molecule has 1 amide bonds. The molecule has 0 unspecified atom stereocenters. The third-order valence-corrected chi connectivity index (χ3v) is 3.39. The first kappa shape index (κ1) is 14.9. The van der Waals surface area contributed by atoms with Crippen LogP contribution in [0.3, 0.4) is 0 Å². The minimum absolute atomic E-state index is 0.0693. The number of ether oxygens (including phenoxy) is 1. The van der Waals surface area contributed by atoms with Gasteiger partial charge in [-0.2, -0.15) is 0 Å². The van der Waals surface area contributed by atoms with Gasteiger partial charge < -0.3 is 20.4 Å². The Kier molecular flexibility index (Phi) is 4.14. The zero-order chi connectivity index (χ0) is 16.2. The highest BCUT2D eigenvalue weighted by Crippen LogP contribution is 2.24. The van der Waals surface area contributed by atoms with E-state index in [4.69, 9.17) is 10.5 Å². The van der Waals surface area contributed by atoms with Crippen molar-refractivity contribution in [1.82, 2.24) is 9.55 Å². The van der Waals surface area contributed by atoms with Crippen LogP contribution in [0.25, 0.3) is 11.0 Å². The lowest BCUT2D eigenvalue weighted by atomic mass is 10.3. The van der Waals surface area contributed by atoms with Crippen LogP contribution in [-0.2, 0) is 11.3 Å². The van der Waals surface area contributed by atoms with Crippen LogP contribution in [0.15, 0.2) is 48.5 Å². The summed E-state index contributed by atoms with van der Waals surface area (Å²) in [5.74, 6) is 0.973. The Bertz CT molecular complexity index is 824. The molecular weight excluding hydrogens is 292 g/mol.